The highest BCUT2D eigenvalue weighted by Gasteiger charge is 2.13. The molecule has 3 nitrogen and oxygen atoms in total. The minimum Gasteiger partial charge on any atom is -0.294 e. The van der Waals surface area contributed by atoms with E-state index < -0.39 is 0 Å². The average molecular weight is 351 g/mol. The van der Waals surface area contributed by atoms with E-state index in [1.165, 1.54) is 6.20 Å². The number of pyridine rings is 1. The monoisotopic (exact) mass is 351 g/mol. The lowest BCUT2D eigenvalue weighted by atomic mass is 10.0. The molecule has 0 bridgehead atoms. The number of nitrogens with zero attached hydrogens (tertiary/aromatic N) is 1. The third-order valence-electron chi connectivity index (χ3n) is 2.47. The van der Waals surface area contributed by atoms with Gasteiger partial charge in [-0.05, 0) is 46.9 Å². The quantitative estimate of drug-likeness (QED) is 0.483. The van der Waals surface area contributed by atoms with Crippen molar-refractivity contribution in [1.29, 1.82) is 0 Å². The van der Waals surface area contributed by atoms with E-state index in [0.717, 1.165) is 3.57 Å². The molecule has 2 aromatic rings. The topological polar surface area (TPSA) is 47.0 Å². The summed E-state index contributed by atoms with van der Waals surface area (Å²) in [6.07, 6.45) is 2.95. The number of carbonyl (C=O) groups excluding carboxylic acids is 2. The molecule has 0 aliphatic rings. The molecule has 0 saturated heterocycles. The second-order valence-electron chi connectivity index (χ2n) is 3.77. The number of hydrogen-bond acceptors (Lipinski definition) is 3. The van der Waals surface area contributed by atoms with Crippen LogP contribution in [0.2, 0.25) is 0 Å². The summed E-state index contributed by atoms with van der Waals surface area (Å²) >= 11 is 2.17. The van der Waals surface area contributed by atoms with Crippen LogP contribution in [0.3, 0.4) is 0 Å². The molecule has 0 fully saturated rings. The van der Waals surface area contributed by atoms with Gasteiger partial charge in [-0.1, -0.05) is 12.1 Å². The van der Waals surface area contributed by atoms with Crippen molar-refractivity contribution in [1.82, 2.24) is 4.98 Å². The molecule has 0 radical (unpaired) electrons. The fraction of sp³-hybridized carbons (Fsp3) is 0.0714. The smallest absolute Gasteiger partial charge is 0.172 e. The van der Waals surface area contributed by atoms with Crippen molar-refractivity contribution in [2.45, 2.75) is 6.42 Å². The van der Waals surface area contributed by atoms with E-state index >= 15 is 0 Å². The van der Waals surface area contributed by atoms with Gasteiger partial charge in [0, 0.05) is 27.1 Å². The average Bonchev–Trinajstić information content (AvgIpc) is 2.40. The fourth-order valence-corrected chi connectivity index (χ4v) is 1.87. The maximum Gasteiger partial charge on any atom is 0.172 e. The third kappa shape index (κ3) is 3.22. The number of benzene rings is 1. The molecule has 0 atom stereocenters. The summed E-state index contributed by atoms with van der Waals surface area (Å²) in [7, 11) is 0. The maximum atomic E-state index is 11.9. The first-order valence-corrected chi connectivity index (χ1v) is 6.46. The van der Waals surface area contributed by atoms with Crippen molar-refractivity contribution < 1.29 is 9.59 Å². The van der Waals surface area contributed by atoms with Gasteiger partial charge in [0.05, 0.1) is 6.42 Å². The molecule has 0 N–H and O–H groups in total. The fourth-order valence-electron chi connectivity index (χ4n) is 1.51. The summed E-state index contributed by atoms with van der Waals surface area (Å²) in [5, 5.41) is 0. The first-order chi connectivity index (χ1) is 8.66. The Balaban J connectivity index is 2.08. The highest BCUT2D eigenvalue weighted by Crippen LogP contribution is 2.11. The summed E-state index contributed by atoms with van der Waals surface area (Å²) in [5.74, 6) is -0.369. The Hall–Kier alpha value is -1.56. The standard InChI is InChI=1S/C14H10INO2/c15-12-5-3-10(4-6-12)13(17)8-14(18)11-2-1-7-16-9-11/h1-7,9H,8H2. The lowest BCUT2D eigenvalue weighted by Gasteiger charge is -2.01. The predicted octanol–water partition coefficient (Wildman–Crippen LogP) is 3.14. The van der Waals surface area contributed by atoms with Crippen LogP contribution in [-0.2, 0) is 0 Å². The molecule has 0 amide bonds. The van der Waals surface area contributed by atoms with Gasteiger partial charge in [0.25, 0.3) is 0 Å². The van der Waals surface area contributed by atoms with Crippen LogP contribution in [0.25, 0.3) is 0 Å². The molecule has 4 heteroatoms. The van der Waals surface area contributed by atoms with Crippen molar-refractivity contribution in [3.05, 3.63) is 63.5 Å². The molecule has 1 heterocycles. The number of Topliss-reactive ketones (excluding diaryl/α,β-unsaturated/α-hetero) is 2. The van der Waals surface area contributed by atoms with Crippen molar-refractivity contribution in [3.8, 4) is 0 Å². The van der Waals surface area contributed by atoms with Gasteiger partial charge >= 0.3 is 0 Å². The number of rotatable bonds is 4. The van der Waals surface area contributed by atoms with Crippen LogP contribution >= 0.6 is 22.6 Å². The van der Waals surface area contributed by atoms with Gasteiger partial charge in [-0.2, -0.15) is 0 Å². The number of aromatic nitrogens is 1. The third-order valence-corrected chi connectivity index (χ3v) is 3.19. The van der Waals surface area contributed by atoms with E-state index in [9.17, 15) is 9.59 Å². The van der Waals surface area contributed by atoms with Crippen molar-refractivity contribution in [3.63, 3.8) is 0 Å². The summed E-state index contributed by atoms with van der Waals surface area (Å²) in [5.41, 5.74) is 1.03. The summed E-state index contributed by atoms with van der Waals surface area (Å²) in [4.78, 5) is 27.6. The lowest BCUT2D eigenvalue weighted by Crippen LogP contribution is -2.08. The Morgan fingerprint density at radius 3 is 2.28 bits per heavy atom. The molecular formula is C14H10INO2. The maximum absolute atomic E-state index is 11.9. The zero-order valence-electron chi connectivity index (χ0n) is 9.47. The Morgan fingerprint density at radius 1 is 1.00 bits per heavy atom. The van der Waals surface area contributed by atoms with Gasteiger partial charge in [0.1, 0.15) is 0 Å². The second-order valence-corrected chi connectivity index (χ2v) is 5.02. The van der Waals surface area contributed by atoms with Crippen LogP contribution in [0.5, 0.6) is 0 Å². The van der Waals surface area contributed by atoms with E-state index in [2.05, 4.69) is 27.6 Å². The van der Waals surface area contributed by atoms with Gasteiger partial charge in [-0.25, -0.2) is 0 Å². The van der Waals surface area contributed by atoms with Crippen LogP contribution < -0.4 is 0 Å². The molecule has 18 heavy (non-hydrogen) atoms. The van der Waals surface area contributed by atoms with E-state index in [-0.39, 0.29) is 18.0 Å². The van der Waals surface area contributed by atoms with Crippen LogP contribution in [0.1, 0.15) is 27.1 Å². The number of hydrogen-bond donors (Lipinski definition) is 0. The second kappa shape index (κ2) is 5.86. The molecule has 1 aromatic carbocycles. The summed E-state index contributed by atoms with van der Waals surface area (Å²) < 4.78 is 1.06. The van der Waals surface area contributed by atoms with Crippen molar-refractivity contribution in [2.75, 3.05) is 0 Å². The van der Waals surface area contributed by atoms with Gasteiger partial charge in [-0.3, -0.25) is 14.6 Å². The highest BCUT2D eigenvalue weighted by molar-refractivity contribution is 14.1. The first kappa shape index (κ1) is 12.9. The van der Waals surface area contributed by atoms with Crippen molar-refractivity contribution in [2.24, 2.45) is 0 Å². The van der Waals surface area contributed by atoms with Gasteiger partial charge in [-0.15, -0.1) is 0 Å². The molecule has 2 rings (SSSR count). The molecule has 1 aromatic heterocycles. The van der Waals surface area contributed by atoms with Gasteiger partial charge in [0.2, 0.25) is 0 Å². The van der Waals surface area contributed by atoms with Crippen LogP contribution in [0, 0.1) is 3.57 Å². The summed E-state index contributed by atoms with van der Waals surface area (Å²) in [6.45, 7) is 0. The molecule has 0 aliphatic carbocycles. The van der Waals surface area contributed by atoms with Crippen LogP contribution in [-0.4, -0.2) is 16.6 Å². The van der Waals surface area contributed by atoms with E-state index in [0.29, 0.717) is 11.1 Å². The Kier molecular flexibility index (Phi) is 4.19. The molecule has 90 valence electrons. The molecule has 0 saturated carbocycles. The zero-order valence-corrected chi connectivity index (χ0v) is 11.6. The largest absolute Gasteiger partial charge is 0.294 e. The number of carbonyl (C=O) groups is 2. The SMILES string of the molecule is O=C(CC(=O)c1cccnc1)c1ccc(I)cc1. The van der Waals surface area contributed by atoms with Crippen LogP contribution in [0.15, 0.2) is 48.8 Å². The minimum absolute atomic E-state index is 0.119. The highest BCUT2D eigenvalue weighted by atomic mass is 127. The predicted molar refractivity (Wildman–Crippen MR) is 76.7 cm³/mol. The van der Waals surface area contributed by atoms with E-state index in [1.807, 2.05) is 12.1 Å². The molecule has 0 aliphatic heterocycles. The Bertz CT molecular complexity index is 564. The molecule has 0 spiro atoms. The molecular weight excluding hydrogens is 341 g/mol. The van der Waals surface area contributed by atoms with Crippen LogP contribution in [0.4, 0.5) is 0 Å². The number of halogens is 1. The summed E-state index contributed by atoms with van der Waals surface area (Å²) in [6, 6.07) is 10.5. The van der Waals surface area contributed by atoms with E-state index in [4.69, 9.17) is 0 Å². The van der Waals surface area contributed by atoms with Gasteiger partial charge in [0.15, 0.2) is 11.6 Å². The van der Waals surface area contributed by atoms with Gasteiger partial charge < -0.3 is 0 Å². The normalized spacial score (nSPS) is 10.1. The first-order valence-electron chi connectivity index (χ1n) is 5.39. The Morgan fingerprint density at radius 2 is 1.67 bits per heavy atom. The Labute approximate surface area is 118 Å². The number of ketones is 2. The zero-order chi connectivity index (χ0) is 13.0. The lowest BCUT2D eigenvalue weighted by molar-refractivity contribution is 0.0894. The van der Waals surface area contributed by atoms with E-state index in [1.54, 1.807) is 30.5 Å². The molecule has 0 unspecified atom stereocenters. The minimum atomic E-state index is -0.202. The van der Waals surface area contributed by atoms with Crippen molar-refractivity contribution >= 4 is 34.2 Å².